The molecule has 0 saturated carbocycles. The number of hydrogen-bond donors (Lipinski definition) is 1. The van der Waals surface area contributed by atoms with Crippen LogP contribution in [-0.4, -0.2) is 10.9 Å². The van der Waals surface area contributed by atoms with E-state index in [0.717, 1.165) is 16.9 Å². The SMILES string of the molecule is C/C(=N\O)c1ccc(-c2cc(C)ccc2C)o1. The van der Waals surface area contributed by atoms with Crippen LogP contribution in [0.1, 0.15) is 23.8 Å². The minimum atomic E-state index is 0.474. The maximum absolute atomic E-state index is 8.69. The molecule has 0 fully saturated rings. The number of aryl methyl sites for hydroxylation is 2. The molecule has 0 atom stereocenters. The maximum atomic E-state index is 8.69. The third-order valence-corrected chi connectivity index (χ3v) is 2.77. The molecule has 0 bridgehead atoms. The van der Waals surface area contributed by atoms with Crippen molar-refractivity contribution in [3.63, 3.8) is 0 Å². The first-order valence-electron chi connectivity index (χ1n) is 5.48. The number of hydrogen-bond acceptors (Lipinski definition) is 3. The summed E-state index contributed by atoms with van der Waals surface area (Å²) in [4.78, 5) is 0. The molecular weight excluding hydrogens is 214 g/mol. The van der Waals surface area contributed by atoms with Crippen LogP contribution < -0.4 is 0 Å². The second-order valence-corrected chi connectivity index (χ2v) is 4.17. The molecule has 0 unspecified atom stereocenters. The molecule has 1 N–H and O–H groups in total. The summed E-state index contributed by atoms with van der Waals surface area (Å²) in [5.74, 6) is 1.38. The molecule has 3 nitrogen and oxygen atoms in total. The summed E-state index contributed by atoms with van der Waals surface area (Å²) in [7, 11) is 0. The Bertz CT molecular complexity index is 567. The van der Waals surface area contributed by atoms with Gasteiger partial charge in [-0.05, 0) is 44.5 Å². The van der Waals surface area contributed by atoms with Gasteiger partial charge in [0.2, 0.25) is 0 Å². The van der Waals surface area contributed by atoms with Gasteiger partial charge in [-0.3, -0.25) is 0 Å². The van der Waals surface area contributed by atoms with E-state index in [1.807, 2.05) is 26.0 Å². The van der Waals surface area contributed by atoms with E-state index in [0.29, 0.717) is 11.5 Å². The highest BCUT2D eigenvalue weighted by Crippen LogP contribution is 2.26. The van der Waals surface area contributed by atoms with Crippen LogP contribution in [0.3, 0.4) is 0 Å². The molecule has 1 aromatic heterocycles. The van der Waals surface area contributed by atoms with E-state index in [1.165, 1.54) is 5.56 Å². The van der Waals surface area contributed by atoms with Gasteiger partial charge in [0, 0.05) is 5.56 Å². The van der Waals surface area contributed by atoms with Crippen LogP contribution in [0, 0.1) is 13.8 Å². The predicted molar refractivity (Wildman–Crippen MR) is 67.6 cm³/mol. The number of oxime groups is 1. The van der Waals surface area contributed by atoms with E-state index in [2.05, 4.69) is 23.4 Å². The van der Waals surface area contributed by atoms with Crippen LogP contribution in [0.25, 0.3) is 11.3 Å². The first-order chi connectivity index (χ1) is 8.11. The Kier molecular flexibility index (Phi) is 3.00. The van der Waals surface area contributed by atoms with Gasteiger partial charge in [-0.1, -0.05) is 22.9 Å². The standard InChI is InChI=1S/C14H15NO2/c1-9-4-5-10(2)12(8-9)14-7-6-13(17-14)11(3)15-16/h4-8,16H,1-3H3/b15-11+. The highest BCUT2D eigenvalue weighted by atomic mass is 16.4. The van der Waals surface area contributed by atoms with Gasteiger partial charge in [0.1, 0.15) is 11.5 Å². The second kappa shape index (κ2) is 4.45. The van der Waals surface area contributed by atoms with Crippen molar-refractivity contribution in [3.8, 4) is 11.3 Å². The molecule has 3 heteroatoms. The van der Waals surface area contributed by atoms with Crippen molar-refractivity contribution in [1.82, 2.24) is 0 Å². The summed E-state index contributed by atoms with van der Waals surface area (Å²) in [5.41, 5.74) is 3.90. The van der Waals surface area contributed by atoms with Crippen LogP contribution in [0.4, 0.5) is 0 Å². The van der Waals surface area contributed by atoms with E-state index in [-0.39, 0.29) is 0 Å². The Morgan fingerprint density at radius 3 is 2.65 bits per heavy atom. The summed E-state index contributed by atoms with van der Waals surface area (Å²) in [5, 5.41) is 11.8. The van der Waals surface area contributed by atoms with Crippen molar-refractivity contribution in [1.29, 1.82) is 0 Å². The molecule has 1 heterocycles. The fraction of sp³-hybridized carbons (Fsp3) is 0.214. The number of benzene rings is 1. The van der Waals surface area contributed by atoms with Gasteiger partial charge in [0.05, 0.1) is 0 Å². The molecule has 2 aromatic rings. The number of furan rings is 1. The lowest BCUT2D eigenvalue weighted by Crippen LogP contribution is -1.90. The summed E-state index contributed by atoms with van der Waals surface area (Å²) in [6.07, 6.45) is 0. The van der Waals surface area contributed by atoms with E-state index in [4.69, 9.17) is 9.62 Å². The van der Waals surface area contributed by atoms with Crippen molar-refractivity contribution in [3.05, 3.63) is 47.2 Å². The molecule has 1 aromatic carbocycles. The zero-order valence-corrected chi connectivity index (χ0v) is 10.2. The van der Waals surface area contributed by atoms with Crippen molar-refractivity contribution >= 4 is 5.71 Å². The minimum absolute atomic E-state index is 0.474. The van der Waals surface area contributed by atoms with Gasteiger partial charge < -0.3 is 9.62 Å². The molecule has 88 valence electrons. The average molecular weight is 229 g/mol. The number of nitrogens with zero attached hydrogens (tertiary/aromatic N) is 1. The van der Waals surface area contributed by atoms with E-state index in [1.54, 1.807) is 6.92 Å². The van der Waals surface area contributed by atoms with Crippen molar-refractivity contribution < 1.29 is 9.62 Å². The fourth-order valence-corrected chi connectivity index (χ4v) is 1.73. The fourth-order valence-electron chi connectivity index (χ4n) is 1.73. The van der Waals surface area contributed by atoms with Crippen molar-refractivity contribution in [2.75, 3.05) is 0 Å². The summed E-state index contributed by atoms with van der Waals surface area (Å²) < 4.78 is 5.67. The van der Waals surface area contributed by atoms with Crippen molar-refractivity contribution in [2.45, 2.75) is 20.8 Å². The van der Waals surface area contributed by atoms with Crippen LogP contribution >= 0.6 is 0 Å². The summed E-state index contributed by atoms with van der Waals surface area (Å²) in [6.45, 7) is 5.79. The van der Waals surface area contributed by atoms with Gasteiger partial charge in [-0.15, -0.1) is 0 Å². The van der Waals surface area contributed by atoms with Gasteiger partial charge in [-0.25, -0.2) is 0 Å². The largest absolute Gasteiger partial charge is 0.455 e. The lowest BCUT2D eigenvalue weighted by Gasteiger charge is -2.03. The quantitative estimate of drug-likeness (QED) is 0.484. The highest BCUT2D eigenvalue weighted by Gasteiger charge is 2.09. The van der Waals surface area contributed by atoms with E-state index < -0.39 is 0 Å². The molecule has 0 radical (unpaired) electrons. The zero-order valence-electron chi connectivity index (χ0n) is 10.2. The lowest BCUT2D eigenvalue weighted by molar-refractivity contribution is 0.317. The normalized spacial score (nSPS) is 11.8. The first-order valence-corrected chi connectivity index (χ1v) is 5.48. The topological polar surface area (TPSA) is 45.7 Å². The Morgan fingerprint density at radius 2 is 1.94 bits per heavy atom. The zero-order chi connectivity index (χ0) is 12.4. The number of rotatable bonds is 2. The average Bonchev–Trinajstić information content (AvgIpc) is 2.80. The smallest absolute Gasteiger partial charge is 0.152 e. The molecule has 0 aliphatic heterocycles. The van der Waals surface area contributed by atoms with Crippen molar-refractivity contribution in [2.24, 2.45) is 5.16 Å². The second-order valence-electron chi connectivity index (χ2n) is 4.17. The van der Waals surface area contributed by atoms with E-state index in [9.17, 15) is 0 Å². The molecular formula is C14H15NO2. The Hall–Kier alpha value is -2.03. The Labute approximate surface area is 100 Å². The lowest BCUT2D eigenvalue weighted by atomic mass is 10.0. The minimum Gasteiger partial charge on any atom is -0.455 e. The van der Waals surface area contributed by atoms with Gasteiger partial charge in [-0.2, -0.15) is 0 Å². The monoisotopic (exact) mass is 229 g/mol. The molecule has 2 rings (SSSR count). The van der Waals surface area contributed by atoms with Crippen LogP contribution in [0.5, 0.6) is 0 Å². The van der Waals surface area contributed by atoms with Gasteiger partial charge in [0.25, 0.3) is 0 Å². The predicted octanol–water partition coefficient (Wildman–Crippen LogP) is 3.76. The molecule has 17 heavy (non-hydrogen) atoms. The molecule has 0 aliphatic carbocycles. The molecule has 0 aliphatic rings. The van der Waals surface area contributed by atoms with Crippen LogP contribution in [0.2, 0.25) is 0 Å². The highest BCUT2D eigenvalue weighted by molar-refractivity contribution is 5.96. The van der Waals surface area contributed by atoms with Crippen LogP contribution in [-0.2, 0) is 0 Å². The maximum Gasteiger partial charge on any atom is 0.152 e. The van der Waals surface area contributed by atoms with E-state index >= 15 is 0 Å². The van der Waals surface area contributed by atoms with Gasteiger partial charge in [0.15, 0.2) is 5.76 Å². The third-order valence-electron chi connectivity index (χ3n) is 2.77. The molecule has 0 saturated heterocycles. The molecule has 0 spiro atoms. The van der Waals surface area contributed by atoms with Gasteiger partial charge >= 0.3 is 0 Å². The third kappa shape index (κ3) is 2.23. The molecule has 0 amide bonds. The summed E-state index contributed by atoms with van der Waals surface area (Å²) in [6, 6.07) is 9.93. The van der Waals surface area contributed by atoms with Crippen LogP contribution in [0.15, 0.2) is 39.9 Å². The summed E-state index contributed by atoms with van der Waals surface area (Å²) >= 11 is 0. The first kappa shape index (κ1) is 11.5. The Balaban J connectivity index is 2.47. The Morgan fingerprint density at radius 1 is 1.18 bits per heavy atom.